The highest BCUT2D eigenvalue weighted by Gasteiger charge is 2.25. The molecule has 4 aromatic heterocycles. The Morgan fingerprint density at radius 1 is 0.347 bits per heavy atom. The maximum Gasteiger partial charge on any atom is 0.188 e. The van der Waals surface area contributed by atoms with Crippen molar-refractivity contribution >= 4 is 92.9 Å². The van der Waals surface area contributed by atoms with E-state index in [1.165, 1.54) is 21.5 Å². The monoisotopic (exact) mass is 954 g/mol. The van der Waals surface area contributed by atoms with Crippen molar-refractivity contribution < 1.29 is 0 Å². The quantitative estimate of drug-likeness (QED) is 0.153. The molecule has 15 aromatic rings. The fraction of sp³-hybridized carbons (Fsp3) is 0.0145. The smallest absolute Gasteiger partial charge is 0.188 e. The topological polar surface area (TPSA) is 47.9 Å². The van der Waals surface area contributed by atoms with Gasteiger partial charge in [-0.05, 0) is 132 Å². The Bertz CT molecular complexity index is 4970. The zero-order valence-corrected chi connectivity index (χ0v) is 40.7. The van der Waals surface area contributed by atoms with Crippen molar-refractivity contribution in [3.05, 3.63) is 259 Å². The molecule has 0 aliphatic rings. The van der Waals surface area contributed by atoms with Gasteiger partial charge in [-0.25, -0.2) is 4.85 Å². The van der Waals surface area contributed by atoms with Gasteiger partial charge in [-0.2, -0.15) is 5.26 Å². The third-order valence-electron chi connectivity index (χ3n) is 15.5. The number of aromatic nitrogens is 4. The Balaban J connectivity index is 1.07. The third-order valence-corrected chi connectivity index (χ3v) is 15.5. The molecule has 0 unspecified atom stereocenters. The first-order valence-corrected chi connectivity index (χ1v) is 25.3. The van der Waals surface area contributed by atoms with Gasteiger partial charge >= 0.3 is 0 Å². The van der Waals surface area contributed by atoms with E-state index in [1.54, 1.807) is 0 Å². The minimum absolute atomic E-state index is 0.551. The van der Waals surface area contributed by atoms with Crippen LogP contribution < -0.4 is 0 Å². The average molecular weight is 955 g/mol. The van der Waals surface area contributed by atoms with E-state index in [2.05, 4.69) is 254 Å². The first-order chi connectivity index (χ1) is 37.0. The first kappa shape index (κ1) is 42.3. The summed E-state index contributed by atoms with van der Waals surface area (Å²) in [6, 6.07) is 86.8. The van der Waals surface area contributed by atoms with E-state index < -0.39 is 0 Å². The molecule has 0 radical (unpaired) electrons. The number of nitriles is 1. The lowest BCUT2D eigenvalue weighted by molar-refractivity contribution is 1.15. The van der Waals surface area contributed by atoms with E-state index in [9.17, 15) is 5.26 Å². The summed E-state index contributed by atoms with van der Waals surface area (Å²) in [5, 5.41) is 19.3. The van der Waals surface area contributed by atoms with Crippen molar-refractivity contribution in [3.8, 4) is 51.1 Å². The summed E-state index contributed by atoms with van der Waals surface area (Å²) in [6.45, 7) is 10.6. The van der Waals surface area contributed by atoms with Crippen molar-refractivity contribution in [1.29, 1.82) is 5.26 Å². The van der Waals surface area contributed by atoms with Gasteiger partial charge in [0.2, 0.25) is 0 Å². The molecule has 0 spiro atoms. The van der Waals surface area contributed by atoms with Crippen LogP contribution in [0.25, 0.3) is 137 Å². The normalized spacial score (nSPS) is 11.8. The molecule has 348 valence electrons. The number of para-hydroxylation sites is 6. The molecule has 6 heteroatoms. The molecular weight excluding hydrogens is 913 g/mol. The van der Waals surface area contributed by atoms with Crippen molar-refractivity contribution in [2.45, 2.75) is 6.92 Å². The molecule has 0 amide bonds. The zero-order valence-electron chi connectivity index (χ0n) is 40.7. The van der Waals surface area contributed by atoms with Crippen LogP contribution >= 0.6 is 0 Å². The van der Waals surface area contributed by atoms with Crippen LogP contribution in [0, 0.1) is 24.8 Å². The molecule has 75 heavy (non-hydrogen) atoms. The highest BCUT2D eigenvalue weighted by Crippen LogP contribution is 2.46. The summed E-state index contributed by atoms with van der Waals surface area (Å²) in [5.41, 5.74) is 19.1. The number of hydrogen-bond acceptors (Lipinski definition) is 1. The van der Waals surface area contributed by atoms with Gasteiger partial charge in [0.1, 0.15) is 0 Å². The zero-order chi connectivity index (χ0) is 49.9. The van der Waals surface area contributed by atoms with Crippen LogP contribution in [0.5, 0.6) is 0 Å². The summed E-state index contributed by atoms with van der Waals surface area (Å²) in [6.07, 6.45) is 0. The molecule has 0 aliphatic carbocycles. The number of hydrogen-bond donors (Lipinski definition) is 0. The maximum absolute atomic E-state index is 9.92. The lowest BCUT2D eigenvalue weighted by Gasteiger charge is -2.21. The summed E-state index contributed by atoms with van der Waals surface area (Å²) >= 11 is 0. The molecule has 15 rings (SSSR count). The summed E-state index contributed by atoms with van der Waals surface area (Å²) in [5.74, 6) is 0. The van der Waals surface area contributed by atoms with Gasteiger partial charge in [-0.15, -0.1) is 0 Å². The van der Waals surface area contributed by atoms with Crippen LogP contribution in [0.2, 0.25) is 0 Å². The Labute approximate surface area is 431 Å². The Kier molecular flexibility index (Phi) is 9.20. The lowest BCUT2D eigenvalue weighted by atomic mass is 9.93. The molecule has 0 bridgehead atoms. The van der Waals surface area contributed by atoms with Gasteiger partial charge in [0.25, 0.3) is 0 Å². The Hall–Kier alpha value is -10.4. The van der Waals surface area contributed by atoms with Crippen molar-refractivity contribution in [2.75, 3.05) is 0 Å². The van der Waals surface area contributed by atoms with Gasteiger partial charge in [-0.1, -0.05) is 133 Å². The second-order valence-corrected chi connectivity index (χ2v) is 19.5. The van der Waals surface area contributed by atoms with Crippen molar-refractivity contribution in [2.24, 2.45) is 0 Å². The van der Waals surface area contributed by atoms with E-state index in [0.717, 1.165) is 116 Å². The maximum atomic E-state index is 9.92. The minimum atomic E-state index is 0.551. The van der Waals surface area contributed by atoms with Crippen LogP contribution in [0.4, 0.5) is 5.69 Å². The molecule has 0 N–H and O–H groups in total. The predicted octanol–water partition coefficient (Wildman–Crippen LogP) is 18.1. The fourth-order valence-corrected chi connectivity index (χ4v) is 12.3. The number of benzene rings is 11. The van der Waals surface area contributed by atoms with E-state index in [1.807, 2.05) is 18.2 Å². The molecule has 0 aliphatic heterocycles. The molecule has 11 aromatic carbocycles. The van der Waals surface area contributed by atoms with E-state index in [0.29, 0.717) is 11.3 Å². The summed E-state index contributed by atoms with van der Waals surface area (Å²) in [7, 11) is 0. The predicted molar refractivity (Wildman–Crippen MR) is 310 cm³/mol. The van der Waals surface area contributed by atoms with Gasteiger partial charge in [-0.3, -0.25) is 0 Å². The van der Waals surface area contributed by atoms with E-state index >= 15 is 0 Å². The molecule has 0 fully saturated rings. The standard InChI is InChI=1S/C69H42N6/c1-43-35-44(42-70)29-32-49(43)45-30-33-54(65(36-45)75-63-28-16-12-24-53(63)59-39-57-51-22-10-14-26-61(51)73(67(57)41-69(59)75)48-19-7-4-8-20-48)55-37-46(71-2)31-34-64(55)74-62-27-15-11-23-52(62)58-38-56-50-21-9-13-25-60(50)72(66(56)40-68(58)74)47-17-5-3-6-18-47/h3-41H,1H3. The molecule has 0 saturated heterocycles. The summed E-state index contributed by atoms with van der Waals surface area (Å²) < 4.78 is 9.62. The number of nitrogens with zero attached hydrogens (tertiary/aromatic N) is 6. The minimum Gasteiger partial charge on any atom is -0.309 e. The highest BCUT2D eigenvalue weighted by molar-refractivity contribution is 6.21. The van der Waals surface area contributed by atoms with Crippen LogP contribution in [-0.2, 0) is 0 Å². The van der Waals surface area contributed by atoms with Crippen LogP contribution in [0.15, 0.2) is 237 Å². The van der Waals surface area contributed by atoms with Crippen LogP contribution in [0.1, 0.15) is 11.1 Å². The molecule has 6 nitrogen and oxygen atoms in total. The Morgan fingerprint density at radius 3 is 1.27 bits per heavy atom. The van der Waals surface area contributed by atoms with E-state index in [4.69, 9.17) is 6.57 Å². The second-order valence-electron chi connectivity index (χ2n) is 19.5. The second kappa shape index (κ2) is 16.3. The first-order valence-electron chi connectivity index (χ1n) is 25.3. The number of rotatable bonds is 6. The molecule has 0 atom stereocenters. The van der Waals surface area contributed by atoms with E-state index in [-0.39, 0.29) is 0 Å². The highest BCUT2D eigenvalue weighted by atomic mass is 15.0. The molecular formula is C69H42N6. The third kappa shape index (κ3) is 6.24. The van der Waals surface area contributed by atoms with Crippen molar-refractivity contribution in [3.63, 3.8) is 0 Å². The van der Waals surface area contributed by atoms with Crippen molar-refractivity contribution in [1.82, 2.24) is 18.3 Å². The Morgan fingerprint density at radius 2 is 0.787 bits per heavy atom. The molecule has 0 saturated carbocycles. The fourth-order valence-electron chi connectivity index (χ4n) is 12.3. The SMILES string of the molecule is [C-]#[N+]c1ccc(-n2c3ccccc3c3cc4c5ccccc5n(-c5ccccc5)c4cc32)c(-c2ccc(-c3ccc(C#N)cc3C)cc2-n2c3ccccc3c3cc4c5ccccc5n(-c5ccccc5)c4cc32)c1. The van der Waals surface area contributed by atoms with Crippen LogP contribution in [-0.4, -0.2) is 18.3 Å². The number of aryl methyl sites for hydroxylation is 1. The van der Waals surface area contributed by atoms with Gasteiger partial charge in [0.15, 0.2) is 5.69 Å². The largest absolute Gasteiger partial charge is 0.309 e. The molecule has 4 heterocycles. The van der Waals surface area contributed by atoms with Gasteiger partial charge < -0.3 is 18.3 Å². The van der Waals surface area contributed by atoms with Gasteiger partial charge in [0, 0.05) is 60.0 Å². The average Bonchev–Trinajstić information content (AvgIpc) is 4.21. The van der Waals surface area contributed by atoms with Crippen LogP contribution in [0.3, 0.4) is 0 Å². The number of fused-ring (bicyclic) bond motifs is 12. The summed E-state index contributed by atoms with van der Waals surface area (Å²) in [4.78, 5) is 4.09. The lowest BCUT2D eigenvalue weighted by Crippen LogP contribution is -2.02. The van der Waals surface area contributed by atoms with Gasteiger partial charge in [0.05, 0.1) is 73.7 Å².